The fraction of sp³-hybridized carbons (Fsp3) is 0.558. The molecule has 6 aliphatic rings. The molecule has 0 spiro atoms. The van der Waals surface area contributed by atoms with Crippen LogP contribution in [0.15, 0.2) is 42.5 Å². The maximum Gasteiger partial charge on any atom is 0.510 e. The van der Waals surface area contributed by atoms with Crippen LogP contribution in [0.4, 0.5) is 20.7 Å². The molecule has 2 unspecified atom stereocenters. The number of fused-ring (bicyclic) bond motifs is 2. The average molecular weight is 967 g/mol. The average Bonchev–Trinajstić information content (AvgIpc) is 3.65. The number of ether oxygens (including phenoxy) is 3. The minimum absolute atomic E-state index is 0.0128. The summed E-state index contributed by atoms with van der Waals surface area (Å²) in [5, 5.41) is 9.56. The number of nitrogens with zero attached hydrogens (tertiary/aromatic N) is 7. The summed E-state index contributed by atoms with van der Waals surface area (Å²) in [6.07, 6.45) is 8.59. The van der Waals surface area contributed by atoms with Crippen molar-refractivity contribution < 1.29 is 42.6 Å². The highest BCUT2D eigenvalue weighted by Gasteiger charge is 2.44. The maximum absolute atomic E-state index is 15.7. The highest BCUT2D eigenvalue weighted by molar-refractivity contribution is 6.31. The van der Waals surface area contributed by atoms with Crippen molar-refractivity contribution in [2.75, 3.05) is 62.3 Å². The van der Waals surface area contributed by atoms with E-state index in [9.17, 15) is 24.0 Å². The number of hydrogen-bond donors (Lipinski definition) is 0. The minimum atomic E-state index is -1.00. The number of aromatic nitrogens is 1. The van der Waals surface area contributed by atoms with Crippen LogP contribution in [0.2, 0.25) is 5.02 Å². The Morgan fingerprint density at radius 2 is 1.62 bits per heavy atom. The molecule has 2 aliphatic carbocycles. The van der Waals surface area contributed by atoms with E-state index in [0.717, 1.165) is 119 Å². The lowest BCUT2D eigenvalue weighted by molar-refractivity contribution is -0.157. The Hall–Kier alpha value is -5.79. The van der Waals surface area contributed by atoms with E-state index in [-0.39, 0.29) is 42.8 Å². The number of Topliss-reactive ketones (excluding diaryl/α,β-unsaturated/α-hetero) is 1. The Morgan fingerprint density at radius 1 is 0.855 bits per heavy atom. The van der Waals surface area contributed by atoms with E-state index in [1.165, 1.54) is 11.0 Å². The molecule has 4 aliphatic heterocycles. The number of piperazine rings is 1. The van der Waals surface area contributed by atoms with Crippen LogP contribution in [0.3, 0.4) is 0 Å². The Bertz CT molecular complexity index is 2490. The monoisotopic (exact) mass is 965 g/mol. The molecule has 3 aromatic rings. The van der Waals surface area contributed by atoms with Crippen LogP contribution in [-0.4, -0.2) is 120 Å². The first-order valence-electron chi connectivity index (χ1n) is 24.8. The molecule has 4 fully saturated rings. The topological polar surface area (TPSA) is 166 Å². The predicted octanol–water partition coefficient (Wildman–Crippen LogP) is 7.94. The second-order valence-electron chi connectivity index (χ2n) is 19.9. The van der Waals surface area contributed by atoms with Gasteiger partial charge >= 0.3 is 6.16 Å². The first-order chi connectivity index (χ1) is 33.3. The second kappa shape index (κ2) is 21.1. The van der Waals surface area contributed by atoms with Crippen molar-refractivity contribution in [2.45, 2.75) is 116 Å². The zero-order valence-corrected chi connectivity index (χ0v) is 40.3. The molecule has 3 saturated heterocycles. The van der Waals surface area contributed by atoms with E-state index in [1.807, 2.05) is 23.1 Å². The van der Waals surface area contributed by atoms with Crippen molar-refractivity contribution in [3.63, 3.8) is 0 Å². The second-order valence-corrected chi connectivity index (χ2v) is 20.3. The number of carbonyl (C=O) groups is 5. The van der Waals surface area contributed by atoms with Gasteiger partial charge in [-0.1, -0.05) is 11.6 Å². The number of pyridine rings is 1. The van der Waals surface area contributed by atoms with Crippen molar-refractivity contribution in [1.82, 2.24) is 19.7 Å². The zero-order valence-electron chi connectivity index (χ0n) is 39.5. The molecule has 15 nitrogen and oxygen atoms in total. The van der Waals surface area contributed by atoms with Crippen molar-refractivity contribution in [3.8, 4) is 11.8 Å². The molecule has 17 heteroatoms. The van der Waals surface area contributed by atoms with Crippen LogP contribution in [-0.2, 0) is 32.0 Å². The van der Waals surface area contributed by atoms with Gasteiger partial charge in [-0.25, -0.2) is 19.1 Å². The fourth-order valence-corrected chi connectivity index (χ4v) is 11.4. The van der Waals surface area contributed by atoms with Gasteiger partial charge < -0.3 is 28.9 Å². The van der Waals surface area contributed by atoms with Gasteiger partial charge in [0.15, 0.2) is 12.5 Å². The first kappa shape index (κ1) is 48.2. The number of anilines is 2. The number of carbonyl (C=O) groups excluding carboxylic acids is 5. The predicted molar refractivity (Wildman–Crippen MR) is 254 cm³/mol. The number of ketones is 1. The first-order valence-corrected chi connectivity index (χ1v) is 25.1. The summed E-state index contributed by atoms with van der Waals surface area (Å²) in [6.45, 7) is 8.39. The molecule has 2 aromatic carbocycles. The molecular formula is C52H61ClFN7O8. The molecule has 0 radical (unpaired) electrons. The number of piperidine rings is 2. The summed E-state index contributed by atoms with van der Waals surface area (Å²) in [7, 11) is 0. The summed E-state index contributed by atoms with van der Waals surface area (Å²) < 4.78 is 31.9. The van der Waals surface area contributed by atoms with Crippen LogP contribution >= 0.6 is 11.6 Å². The minimum Gasteiger partial charge on any atom is -0.490 e. The number of imide groups is 1. The molecule has 0 bridgehead atoms. The molecule has 69 heavy (non-hydrogen) atoms. The van der Waals surface area contributed by atoms with Gasteiger partial charge in [-0.05, 0) is 138 Å². The Morgan fingerprint density at radius 3 is 2.35 bits per heavy atom. The smallest absolute Gasteiger partial charge is 0.490 e. The largest absolute Gasteiger partial charge is 0.510 e. The van der Waals surface area contributed by atoms with Crippen LogP contribution in [0, 0.1) is 34.9 Å². The van der Waals surface area contributed by atoms with Crippen molar-refractivity contribution in [3.05, 3.63) is 81.3 Å². The van der Waals surface area contributed by atoms with Crippen LogP contribution in [0.25, 0.3) is 0 Å². The molecule has 9 rings (SSSR count). The maximum atomic E-state index is 15.7. The SMILES string of the molecule is CC(C)OC(=O)OCN1C(=O)CCC(N2Cc3cc(N4CCN(CC5CCN(c6ccc7c(n6)CCC(CCC6CCC(Oc8ccc(C#N)c(Cl)c8)CC6)C7=O)CC5)CC4)c(F)cc3C2=O)C1=O. The lowest BCUT2D eigenvalue weighted by Gasteiger charge is -2.40. The van der Waals surface area contributed by atoms with Gasteiger partial charge in [0.25, 0.3) is 11.8 Å². The van der Waals surface area contributed by atoms with Crippen molar-refractivity contribution >= 4 is 52.8 Å². The van der Waals surface area contributed by atoms with E-state index in [4.69, 9.17) is 36.1 Å². The number of rotatable bonds is 13. The Balaban J connectivity index is 0.700. The van der Waals surface area contributed by atoms with Gasteiger partial charge in [-0.2, -0.15) is 5.26 Å². The van der Waals surface area contributed by atoms with Gasteiger partial charge in [0, 0.05) is 81.9 Å². The molecule has 3 amide bonds. The van der Waals surface area contributed by atoms with E-state index in [0.29, 0.717) is 52.5 Å². The van der Waals surface area contributed by atoms with Crippen LogP contribution in [0.5, 0.6) is 5.75 Å². The van der Waals surface area contributed by atoms with E-state index in [2.05, 4.69) is 15.9 Å². The summed E-state index contributed by atoms with van der Waals surface area (Å²) in [5.41, 5.74) is 3.43. The van der Waals surface area contributed by atoms with E-state index < -0.39 is 48.6 Å². The van der Waals surface area contributed by atoms with Crippen molar-refractivity contribution in [2.24, 2.45) is 17.8 Å². The van der Waals surface area contributed by atoms with Gasteiger partial charge in [-0.3, -0.25) is 24.1 Å². The molecular weight excluding hydrogens is 905 g/mol. The molecule has 0 N–H and O–H groups in total. The van der Waals surface area contributed by atoms with Gasteiger partial charge in [0.05, 0.1) is 34.2 Å². The summed E-state index contributed by atoms with van der Waals surface area (Å²) >= 11 is 6.20. The lowest BCUT2D eigenvalue weighted by atomic mass is 9.78. The summed E-state index contributed by atoms with van der Waals surface area (Å²) in [5.74, 6) is 0.941. The third kappa shape index (κ3) is 10.8. The number of nitriles is 1. The van der Waals surface area contributed by atoms with Crippen LogP contribution < -0.4 is 14.5 Å². The number of aryl methyl sites for hydroxylation is 1. The number of halogens is 2. The molecule has 1 saturated carbocycles. The van der Waals surface area contributed by atoms with Gasteiger partial charge in [-0.15, -0.1) is 0 Å². The number of amides is 3. The highest BCUT2D eigenvalue weighted by atomic mass is 35.5. The summed E-state index contributed by atoms with van der Waals surface area (Å²) in [4.78, 5) is 79.3. The Kier molecular flexibility index (Phi) is 14.7. The third-order valence-corrected chi connectivity index (χ3v) is 15.4. The van der Waals surface area contributed by atoms with Crippen LogP contribution in [0.1, 0.15) is 122 Å². The third-order valence-electron chi connectivity index (χ3n) is 15.1. The van der Waals surface area contributed by atoms with Gasteiger partial charge in [0.1, 0.15) is 29.5 Å². The number of likely N-dealkylation sites (tertiary alicyclic amines) is 1. The molecule has 366 valence electrons. The van der Waals surface area contributed by atoms with Gasteiger partial charge in [0.2, 0.25) is 5.91 Å². The lowest BCUT2D eigenvalue weighted by Crippen LogP contribution is -2.55. The quantitative estimate of drug-likeness (QED) is 0.120. The van der Waals surface area contributed by atoms with Crippen molar-refractivity contribution in [1.29, 1.82) is 5.26 Å². The highest BCUT2D eigenvalue weighted by Crippen LogP contribution is 2.37. The molecule has 1 aromatic heterocycles. The standard InChI is InChI=1S/C52H61ClFN7O8/c1-32(2)68-52(66)67-31-61-48(62)16-14-45(51(61)65)60-30-37-25-46(43(54)27-41(37)50(60)64)58-23-21-57(22-24-58)29-34-17-19-59(20-18-34)47-15-12-40-44(56-47)13-8-35(49(40)63)6-3-33-4-9-38(10-5-33)69-39-11-7-36(28-55)42(53)26-39/h7,11-12,15,25-27,32-35,38,45H,3-6,8-10,13-14,16-24,29-31H2,1-2H3. The summed E-state index contributed by atoms with van der Waals surface area (Å²) in [6, 6.07) is 13.4. The number of benzene rings is 2. The number of hydrogen-bond acceptors (Lipinski definition) is 13. The van der Waals surface area contributed by atoms with E-state index in [1.54, 1.807) is 32.0 Å². The molecule has 2 atom stereocenters. The molecule has 5 heterocycles. The van der Waals surface area contributed by atoms with E-state index >= 15 is 4.39 Å². The Labute approximate surface area is 407 Å². The normalized spacial score (nSPS) is 23.5. The fourth-order valence-electron chi connectivity index (χ4n) is 11.2. The zero-order chi connectivity index (χ0) is 48.3.